The van der Waals surface area contributed by atoms with E-state index in [2.05, 4.69) is 5.32 Å². The fraction of sp³-hybridized carbons (Fsp3) is 0.619. The SMILES string of the molecule is COc1cc(NC(=O)C2CCCC(N)C2)c(C(=O)N2CCCCC2)cc1OC.Cl. The number of rotatable bonds is 5. The molecular formula is C21H32ClN3O4. The normalized spacial score (nSPS) is 21.7. The van der Waals surface area contributed by atoms with Crippen LogP contribution in [0.1, 0.15) is 55.3 Å². The molecular weight excluding hydrogens is 394 g/mol. The summed E-state index contributed by atoms with van der Waals surface area (Å²) in [6.07, 6.45) is 6.54. The number of hydrogen-bond donors (Lipinski definition) is 2. The number of hydrogen-bond acceptors (Lipinski definition) is 5. The molecule has 0 aromatic heterocycles. The van der Waals surface area contributed by atoms with Crippen molar-refractivity contribution in [1.29, 1.82) is 0 Å². The molecule has 1 aromatic rings. The van der Waals surface area contributed by atoms with Crippen molar-refractivity contribution in [2.45, 2.75) is 51.0 Å². The highest BCUT2D eigenvalue weighted by Gasteiger charge is 2.28. The number of halogens is 1. The number of benzene rings is 1. The summed E-state index contributed by atoms with van der Waals surface area (Å²) in [6, 6.07) is 3.40. The van der Waals surface area contributed by atoms with Crippen molar-refractivity contribution in [3.63, 3.8) is 0 Å². The van der Waals surface area contributed by atoms with Gasteiger partial charge in [0.25, 0.3) is 5.91 Å². The Labute approximate surface area is 178 Å². The van der Waals surface area contributed by atoms with Gasteiger partial charge in [0.05, 0.1) is 25.5 Å². The maximum atomic E-state index is 13.2. The van der Waals surface area contributed by atoms with Crippen LogP contribution in [0.5, 0.6) is 11.5 Å². The predicted molar refractivity (Wildman–Crippen MR) is 115 cm³/mol. The molecule has 1 aliphatic heterocycles. The lowest BCUT2D eigenvalue weighted by molar-refractivity contribution is -0.120. The average molecular weight is 426 g/mol. The van der Waals surface area contributed by atoms with Crippen LogP contribution < -0.4 is 20.5 Å². The van der Waals surface area contributed by atoms with Gasteiger partial charge in [-0.15, -0.1) is 12.4 Å². The van der Waals surface area contributed by atoms with Gasteiger partial charge in [0.2, 0.25) is 5.91 Å². The number of nitrogens with one attached hydrogen (secondary N) is 1. The van der Waals surface area contributed by atoms with E-state index < -0.39 is 0 Å². The highest BCUT2D eigenvalue weighted by molar-refractivity contribution is 6.05. The molecule has 1 saturated heterocycles. The Morgan fingerprint density at radius 1 is 1.03 bits per heavy atom. The van der Waals surface area contributed by atoms with Gasteiger partial charge in [-0.25, -0.2) is 0 Å². The number of carbonyl (C=O) groups excluding carboxylic acids is 2. The first kappa shape index (κ1) is 23.3. The molecule has 2 unspecified atom stereocenters. The van der Waals surface area contributed by atoms with Crippen molar-refractivity contribution in [2.75, 3.05) is 32.6 Å². The Morgan fingerprint density at radius 3 is 2.31 bits per heavy atom. The second-order valence-electron chi connectivity index (χ2n) is 7.72. The number of nitrogens with zero attached hydrogens (tertiary/aromatic N) is 1. The van der Waals surface area contributed by atoms with Crippen molar-refractivity contribution >= 4 is 29.9 Å². The van der Waals surface area contributed by atoms with E-state index in [0.717, 1.165) is 51.6 Å². The summed E-state index contributed by atoms with van der Waals surface area (Å²) in [5.74, 6) is 0.648. The minimum atomic E-state index is -0.130. The van der Waals surface area contributed by atoms with Crippen LogP contribution in [0, 0.1) is 5.92 Å². The molecule has 0 spiro atoms. The highest BCUT2D eigenvalue weighted by atomic mass is 35.5. The van der Waals surface area contributed by atoms with Gasteiger partial charge in [0, 0.05) is 31.1 Å². The third-order valence-electron chi connectivity index (χ3n) is 5.74. The van der Waals surface area contributed by atoms with Gasteiger partial charge in [-0.1, -0.05) is 6.42 Å². The van der Waals surface area contributed by atoms with E-state index >= 15 is 0 Å². The summed E-state index contributed by atoms with van der Waals surface area (Å²) in [6.45, 7) is 1.47. The molecule has 8 heteroatoms. The Kier molecular flexibility index (Phi) is 8.59. The lowest BCUT2D eigenvalue weighted by Gasteiger charge is -2.29. The summed E-state index contributed by atoms with van der Waals surface area (Å²) in [5.41, 5.74) is 6.95. The van der Waals surface area contributed by atoms with Gasteiger partial charge in [0.1, 0.15) is 0 Å². The molecule has 7 nitrogen and oxygen atoms in total. The zero-order chi connectivity index (χ0) is 20.1. The van der Waals surface area contributed by atoms with Crippen LogP contribution in [0.2, 0.25) is 0 Å². The minimum Gasteiger partial charge on any atom is -0.493 e. The molecule has 29 heavy (non-hydrogen) atoms. The second kappa shape index (κ2) is 10.7. The van der Waals surface area contributed by atoms with E-state index in [1.54, 1.807) is 12.1 Å². The Balaban J connectivity index is 0.00000300. The first-order valence-corrected chi connectivity index (χ1v) is 10.1. The van der Waals surface area contributed by atoms with Gasteiger partial charge >= 0.3 is 0 Å². The highest BCUT2D eigenvalue weighted by Crippen LogP contribution is 2.35. The first-order chi connectivity index (χ1) is 13.5. The Morgan fingerprint density at radius 2 is 1.69 bits per heavy atom. The molecule has 0 bridgehead atoms. The van der Waals surface area contributed by atoms with E-state index in [0.29, 0.717) is 29.2 Å². The van der Waals surface area contributed by atoms with E-state index in [1.807, 2.05) is 4.90 Å². The average Bonchev–Trinajstić information content (AvgIpc) is 2.73. The van der Waals surface area contributed by atoms with Crippen LogP contribution in [0.4, 0.5) is 5.69 Å². The maximum absolute atomic E-state index is 13.2. The summed E-state index contributed by atoms with van der Waals surface area (Å²) in [5, 5.41) is 2.97. The van der Waals surface area contributed by atoms with Crippen molar-refractivity contribution in [3.05, 3.63) is 17.7 Å². The molecule has 162 valence electrons. The number of likely N-dealkylation sites (tertiary alicyclic amines) is 1. The number of amides is 2. The number of nitrogens with two attached hydrogens (primary N) is 1. The molecule has 1 aromatic carbocycles. The molecule has 1 heterocycles. The lowest BCUT2D eigenvalue weighted by atomic mass is 9.85. The quantitative estimate of drug-likeness (QED) is 0.755. The van der Waals surface area contributed by atoms with E-state index in [-0.39, 0.29) is 36.2 Å². The number of ether oxygens (including phenoxy) is 2. The number of methoxy groups -OCH3 is 2. The molecule has 3 N–H and O–H groups in total. The van der Waals surface area contributed by atoms with E-state index in [1.165, 1.54) is 14.2 Å². The summed E-state index contributed by atoms with van der Waals surface area (Å²) in [4.78, 5) is 27.9. The van der Waals surface area contributed by atoms with Gasteiger partial charge in [-0.3, -0.25) is 9.59 Å². The van der Waals surface area contributed by atoms with Crippen LogP contribution >= 0.6 is 12.4 Å². The monoisotopic (exact) mass is 425 g/mol. The molecule has 1 saturated carbocycles. The standard InChI is InChI=1S/C21H31N3O4.ClH/c1-27-18-12-16(21(26)24-9-4-3-5-10-24)17(13-19(18)28-2)23-20(25)14-7-6-8-15(22)11-14;/h12-15H,3-11,22H2,1-2H3,(H,23,25);1H. The van der Waals surface area contributed by atoms with Crippen LogP contribution in [0.3, 0.4) is 0 Å². The zero-order valence-corrected chi connectivity index (χ0v) is 18.1. The first-order valence-electron chi connectivity index (χ1n) is 10.1. The minimum absolute atomic E-state index is 0. The molecule has 2 fully saturated rings. The van der Waals surface area contributed by atoms with E-state index in [9.17, 15) is 9.59 Å². The maximum Gasteiger partial charge on any atom is 0.256 e. The molecule has 2 atom stereocenters. The third-order valence-corrected chi connectivity index (χ3v) is 5.74. The fourth-order valence-corrected chi connectivity index (χ4v) is 4.13. The topological polar surface area (TPSA) is 93.9 Å². The third kappa shape index (κ3) is 5.54. The summed E-state index contributed by atoms with van der Waals surface area (Å²) >= 11 is 0. The molecule has 0 radical (unpaired) electrons. The molecule has 2 aliphatic rings. The Bertz CT molecular complexity index is 722. The summed E-state index contributed by atoms with van der Waals surface area (Å²) < 4.78 is 10.8. The number of piperidine rings is 1. The number of anilines is 1. The van der Waals surface area contributed by atoms with Crippen LogP contribution in [0.25, 0.3) is 0 Å². The second-order valence-corrected chi connectivity index (χ2v) is 7.72. The smallest absolute Gasteiger partial charge is 0.256 e. The van der Waals surface area contributed by atoms with Crippen molar-refractivity contribution < 1.29 is 19.1 Å². The number of carbonyl (C=O) groups is 2. The zero-order valence-electron chi connectivity index (χ0n) is 17.2. The van der Waals surface area contributed by atoms with E-state index in [4.69, 9.17) is 15.2 Å². The Hall–Kier alpha value is -1.99. The van der Waals surface area contributed by atoms with Gasteiger partial charge < -0.3 is 25.4 Å². The van der Waals surface area contributed by atoms with Crippen LogP contribution in [-0.2, 0) is 4.79 Å². The van der Waals surface area contributed by atoms with Crippen LogP contribution in [0.15, 0.2) is 12.1 Å². The molecule has 3 rings (SSSR count). The van der Waals surface area contributed by atoms with Gasteiger partial charge in [0.15, 0.2) is 11.5 Å². The van der Waals surface area contributed by atoms with Crippen LogP contribution in [-0.4, -0.2) is 50.1 Å². The predicted octanol–water partition coefficient (Wildman–Crippen LogP) is 3.21. The largest absolute Gasteiger partial charge is 0.493 e. The van der Waals surface area contributed by atoms with Gasteiger partial charge in [-0.05, 0) is 44.6 Å². The molecule has 2 amide bonds. The lowest BCUT2D eigenvalue weighted by Crippen LogP contribution is -2.37. The summed E-state index contributed by atoms with van der Waals surface area (Å²) in [7, 11) is 3.07. The fourth-order valence-electron chi connectivity index (χ4n) is 4.13. The molecule has 1 aliphatic carbocycles. The van der Waals surface area contributed by atoms with Crippen molar-refractivity contribution in [2.24, 2.45) is 11.7 Å². The van der Waals surface area contributed by atoms with Crippen molar-refractivity contribution in [3.8, 4) is 11.5 Å². The van der Waals surface area contributed by atoms with Gasteiger partial charge in [-0.2, -0.15) is 0 Å². The van der Waals surface area contributed by atoms with Crippen molar-refractivity contribution in [1.82, 2.24) is 4.90 Å².